The van der Waals surface area contributed by atoms with E-state index in [1.165, 1.54) is 6.42 Å². The second-order valence-corrected chi connectivity index (χ2v) is 9.90. The van der Waals surface area contributed by atoms with Crippen LogP contribution in [-0.4, -0.2) is 63.9 Å². The maximum atomic E-state index is 13.1. The molecule has 30 heavy (non-hydrogen) atoms. The molecule has 0 bridgehead atoms. The molecule has 3 aliphatic rings. The van der Waals surface area contributed by atoms with Crippen LogP contribution in [0.1, 0.15) is 73.1 Å². The van der Waals surface area contributed by atoms with Crippen molar-refractivity contribution in [1.29, 1.82) is 0 Å². The van der Waals surface area contributed by atoms with E-state index in [2.05, 4.69) is 0 Å². The predicted octanol–water partition coefficient (Wildman–Crippen LogP) is 3.69. The van der Waals surface area contributed by atoms with E-state index >= 15 is 0 Å². The van der Waals surface area contributed by atoms with Crippen molar-refractivity contribution in [1.82, 2.24) is 4.90 Å². The monoisotopic (exact) mass is 427 g/mol. The normalized spacial score (nSPS) is 31.9. The molecule has 1 aliphatic carbocycles. The molecule has 1 amide bonds. The maximum Gasteiger partial charge on any atom is 0.509 e. The molecular weight excluding hydrogens is 394 g/mol. The molecule has 4 atom stereocenters. The number of rotatable bonds is 4. The zero-order chi connectivity index (χ0) is 22.3. The average molecular weight is 427 g/mol. The third kappa shape index (κ3) is 4.82. The Bertz CT molecular complexity index is 679. The second kappa shape index (κ2) is 8.24. The minimum atomic E-state index is -1.48. The quantitative estimate of drug-likeness (QED) is 0.676. The number of carbonyl (C=O) groups is 3. The fourth-order valence-corrected chi connectivity index (χ4v) is 4.77. The van der Waals surface area contributed by atoms with E-state index in [4.69, 9.17) is 18.9 Å². The SMILES string of the molecule is CC(C)(C)OC(=O)N1[C@@H](CC2CCCCC2)[C@H]([C@H]2OC(=O)O[C@@H]2C(=O)O)OC1(C)C. The standard InChI is InChI=1S/C21H33NO8/c1-20(2,3)30-18(25)22-13(11-12-9-7-6-8-10-12)14(29-21(22,4)5)15-16(17(23)24)28-19(26)27-15/h12-16H,6-11H2,1-5H3,(H,23,24)/t13-,14+,15+,16-/m0/s1. The molecule has 1 N–H and O–H groups in total. The molecule has 0 spiro atoms. The van der Waals surface area contributed by atoms with Gasteiger partial charge >= 0.3 is 18.2 Å². The number of hydrogen-bond donors (Lipinski definition) is 1. The molecule has 3 fully saturated rings. The van der Waals surface area contributed by atoms with Gasteiger partial charge in [0.25, 0.3) is 0 Å². The van der Waals surface area contributed by atoms with Crippen molar-refractivity contribution in [2.75, 3.05) is 0 Å². The molecular formula is C21H33NO8. The number of nitrogens with zero attached hydrogens (tertiary/aromatic N) is 1. The molecule has 1 saturated carbocycles. The van der Waals surface area contributed by atoms with E-state index in [0.717, 1.165) is 25.7 Å². The lowest BCUT2D eigenvalue weighted by Crippen LogP contribution is -2.52. The summed E-state index contributed by atoms with van der Waals surface area (Å²) in [6.45, 7) is 8.83. The van der Waals surface area contributed by atoms with E-state index in [9.17, 15) is 19.5 Å². The minimum absolute atomic E-state index is 0.370. The van der Waals surface area contributed by atoms with Crippen LogP contribution >= 0.6 is 0 Å². The van der Waals surface area contributed by atoms with Crippen LogP contribution in [0.4, 0.5) is 9.59 Å². The summed E-state index contributed by atoms with van der Waals surface area (Å²) in [6.07, 6.45) is 1.10. The van der Waals surface area contributed by atoms with Crippen LogP contribution in [0.2, 0.25) is 0 Å². The Morgan fingerprint density at radius 1 is 1.13 bits per heavy atom. The summed E-state index contributed by atoms with van der Waals surface area (Å²) in [6, 6.07) is -0.501. The van der Waals surface area contributed by atoms with Gasteiger partial charge in [0.2, 0.25) is 6.10 Å². The lowest BCUT2D eigenvalue weighted by atomic mass is 9.82. The van der Waals surface area contributed by atoms with Crippen molar-refractivity contribution in [2.45, 2.75) is 109 Å². The van der Waals surface area contributed by atoms with E-state index in [0.29, 0.717) is 12.3 Å². The van der Waals surface area contributed by atoms with Crippen molar-refractivity contribution in [3.8, 4) is 0 Å². The Hall–Kier alpha value is -2.03. The number of cyclic esters (lactones) is 2. The van der Waals surface area contributed by atoms with Crippen LogP contribution in [0.5, 0.6) is 0 Å². The molecule has 170 valence electrons. The smallest absolute Gasteiger partial charge is 0.478 e. The van der Waals surface area contributed by atoms with Crippen molar-refractivity contribution >= 4 is 18.2 Å². The molecule has 0 aromatic rings. The zero-order valence-electron chi connectivity index (χ0n) is 18.4. The first kappa shape index (κ1) is 22.7. The maximum absolute atomic E-state index is 13.1. The third-order valence-electron chi connectivity index (χ3n) is 5.93. The summed E-state index contributed by atoms with van der Waals surface area (Å²) >= 11 is 0. The van der Waals surface area contributed by atoms with Crippen LogP contribution in [0.25, 0.3) is 0 Å². The fraction of sp³-hybridized carbons (Fsp3) is 0.857. The van der Waals surface area contributed by atoms with Gasteiger partial charge in [-0.2, -0.15) is 0 Å². The van der Waals surface area contributed by atoms with Crippen LogP contribution in [-0.2, 0) is 23.7 Å². The summed E-state index contributed by atoms with van der Waals surface area (Å²) in [5.74, 6) is -0.936. The first-order valence-electron chi connectivity index (χ1n) is 10.7. The zero-order valence-corrected chi connectivity index (χ0v) is 18.4. The highest BCUT2D eigenvalue weighted by molar-refractivity contribution is 5.79. The van der Waals surface area contributed by atoms with Crippen molar-refractivity contribution in [3.63, 3.8) is 0 Å². The molecule has 0 radical (unpaired) electrons. The lowest BCUT2D eigenvalue weighted by molar-refractivity contribution is -0.151. The van der Waals surface area contributed by atoms with Gasteiger partial charge < -0.3 is 24.1 Å². The third-order valence-corrected chi connectivity index (χ3v) is 5.93. The number of ether oxygens (including phenoxy) is 4. The van der Waals surface area contributed by atoms with Gasteiger partial charge in [-0.15, -0.1) is 0 Å². The summed E-state index contributed by atoms with van der Waals surface area (Å²) in [5, 5.41) is 9.51. The summed E-state index contributed by atoms with van der Waals surface area (Å²) in [4.78, 5) is 38.1. The number of carboxylic acids is 1. The molecule has 0 aromatic heterocycles. The van der Waals surface area contributed by atoms with Gasteiger partial charge in [-0.25, -0.2) is 14.4 Å². The van der Waals surface area contributed by atoms with Gasteiger partial charge in [0.15, 0.2) is 6.10 Å². The van der Waals surface area contributed by atoms with Gasteiger partial charge in [-0.3, -0.25) is 4.90 Å². The van der Waals surface area contributed by atoms with Crippen molar-refractivity contribution in [2.24, 2.45) is 5.92 Å². The number of amides is 1. The Kier molecular flexibility index (Phi) is 6.23. The van der Waals surface area contributed by atoms with Crippen LogP contribution in [0, 0.1) is 5.92 Å². The topological polar surface area (TPSA) is 112 Å². The molecule has 9 nitrogen and oxygen atoms in total. The van der Waals surface area contributed by atoms with E-state index in [-0.39, 0.29) is 0 Å². The molecule has 2 saturated heterocycles. The van der Waals surface area contributed by atoms with Crippen molar-refractivity contribution in [3.05, 3.63) is 0 Å². The van der Waals surface area contributed by atoms with Gasteiger partial charge in [0.05, 0.1) is 6.04 Å². The Balaban J connectivity index is 1.92. The highest BCUT2D eigenvalue weighted by Crippen LogP contribution is 2.42. The van der Waals surface area contributed by atoms with E-state index in [1.54, 1.807) is 39.5 Å². The molecule has 3 rings (SSSR count). The number of carboxylic acid groups (broad SMARTS) is 1. The van der Waals surface area contributed by atoms with Crippen LogP contribution in [0.3, 0.4) is 0 Å². The summed E-state index contributed by atoms with van der Waals surface area (Å²) < 4.78 is 21.9. The molecule has 0 aromatic carbocycles. The van der Waals surface area contributed by atoms with Crippen LogP contribution < -0.4 is 0 Å². The first-order valence-corrected chi connectivity index (χ1v) is 10.7. The highest BCUT2D eigenvalue weighted by Gasteiger charge is 2.59. The summed E-state index contributed by atoms with van der Waals surface area (Å²) in [5.41, 5.74) is -1.77. The van der Waals surface area contributed by atoms with Gasteiger partial charge in [-0.05, 0) is 47.0 Å². The summed E-state index contributed by atoms with van der Waals surface area (Å²) in [7, 11) is 0. The molecule has 2 aliphatic heterocycles. The lowest BCUT2D eigenvalue weighted by Gasteiger charge is -2.37. The Morgan fingerprint density at radius 3 is 2.33 bits per heavy atom. The minimum Gasteiger partial charge on any atom is -0.478 e. The van der Waals surface area contributed by atoms with E-state index in [1.807, 2.05) is 0 Å². The molecule has 0 unspecified atom stereocenters. The fourth-order valence-electron chi connectivity index (χ4n) is 4.77. The van der Waals surface area contributed by atoms with Gasteiger partial charge in [0.1, 0.15) is 17.4 Å². The highest BCUT2D eigenvalue weighted by atomic mass is 16.8. The van der Waals surface area contributed by atoms with Crippen molar-refractivity contribution < 1.29 is 38.4 Å². The van der Waals surface area contributed by atoms with Crippen LogP contribution in [0.15, 0.2) is 0 Å². The Morgan fingerprint density at radius 2 is 1.77 bits per heavy atom. The molecule has 2 heterocycles. The largest absolute Gasteiger partial charge is 0.509 e. The van der Waals surface area contributed by atoms with E-state index < -0.39 is 53.9 Å². The number of aliphatic carboxylic acids is 1. The number of carbonyl (C=O) groups excluding carboxylic acids is 2. The van der Waals surface area contributed by atoms with Gasteiger partial charge in [-0.1, -0.05) is 32.1 Å². The van der Waals surface area contributed by atoms with Gasteiger partial charge in [0, 0.05) is 0 Å². The predicted molar refractivity (Wildman–Crippen MR) is 105 cm³/mol. The Labute approximate surface area is 177 Å². The molecule has 9 heteroatoms. The number of hydrogen-bond acceptors (Lipinski definition) is 7. The average Bonchev–Trinajstić information content (AvgIpc) is 3.11. The second-order valence-electron chi connectivity index (χ2n) is 9.90. The first-order chi connectivity index (χ1) is 13.9.